The predicted molar refractivity (Wildman–Crippen MR) is 53.0 cm³/mol. The highest BCUT2D eigenvalue weighted by Crippen LogP contribution is 2.60. The van der Waals surface area contributed by atoms with E-state index in [4.69, 9.17) is 0 Å². The Balaban J connectivity index is 1.91. The van der Waals surface area contributed by atoms with Crippen LogP contribution in [-0.4, -0.2) is 6.04 Å². The predicted octanol–water partition coefficient (Wildman–Crippen LogP) is 1.83. The van der Waals surface area contributed by atoms with Crippen LogP contribution in [0.2, 0.25) is 0 Å². The standard InChI is InChI=1S/C12H21N/c1-8(13)12-5-9-2-10(6-12)4-11(3-9)7-12/h8-11H,2-7,13H2,1H3/p+1/t8-,9?,10?,11?,12?/m0/s1. The van der Waals surface area contributed by atoms with Gasteiger partial charge in [-0.25, -0.2) is 0 Å². The average molecular weight is 180 g/mol. The van der Waals surface area contributed by atoms with E-state index in [0.29, 0.717) is 11.5 Å². The van der Waals surface area contributed by atoms with Crippen molar-refractivity contribution in [3.63, 3.8) is 0 Å². The van der Waals surface area contributed by atoms with Gasteiger partial charge < -0.3 is 5.73 Å². The minimum absolute atomic E-state index is 0.689. The second kappa shape index (κ2) is 2.50. The molecule has 74 valence electrons. The molecule has 4 rings (SSSR count). The largest absolute Gasteiger partial charge is 0.355 e. The van der Waals surface area contributed by atoms with Crippen LogP contribution in [0.15, 0.2) is 0 Å². The third-order valence-corrected chi connectivity index (χ3v) is 5.13. The lowest BCUT2D eigenvalue weighted by molar-refractivity contribution is -0.451. The fourth-order valence-electron chi connectivity index (χ4n) is 4.78. The highest BCUT2D eigenvalue weighted by molar-refractivity contribution is 5.02. The number of hydrogen-bond donors (Lipinski definition) is 1. The molecule has 4 saturated carbocycles. The van der Waals surface area contributed by atoms with Crippen molar-refractivity contribution in [2.24, 2.45) is 23.2 Å². The third-order valence-electron chi connectivity index (χ3n) is 5.13. The molecule has 0 aliphatic heterocycles. The van der Waals surface area contributed by atoms with E-state index in [-0.39, 0.29) is 0 Å². The second-order valence-electron chi connectivity index (χ2n) is 6.18. The normalized spacial score (nSPS) is 55.4. The maximum Gasteiger partial charge on any atom is 0.0872 e. The van der Waals surface area contributed by atoms with Crippen LogP contribution >= 0.6 is 0 Å². The van der Waals surface area contributed by atoms with Gasteiger partial charge in [0.1, 0.15) is 0 Å². The number of hydrogen-bond acceptors (Lipinski definition) is 0. The zero-order chi connectivity index (χ0) is 9.05. The second-order valence-corrected chi connectivity index (χ2v) is 6.18. The minimum atomic E-state index is 0.689. The molecule has 0 spiro atoms. The fraction of sp³-hybridized carbons (Fsp3) is 1.00. The zero-order valence-electron chi connectivity index (χ0n) is 8.76. The molecule has 4 aliphatic rings. The summed E-state index contributed by atoms with van der Waals surface area (Å²) in [6, 6.07) is 0.695. The van der Waals surface area contributed by atoms with Crippen molar-refractivity contribution in [3.05, 3.63) is 0 Å². The van der Waals surface area contributed by atoms with Gasteiger partial charge in [-0.15, -0.1) is 0 Å². The van der Waals surface area contributed by atoms with Crippen molar-refractivity contribution in [3.8, 4) is 0 Å². The summed E-state index contributed by atoms with van der Waals surface area (Å²) in [4.78, 5) is 0. The van der Waals surface area contributed by atoms with E-state index in [1.807, 2.05) is 0 Å². The molecule has 4 fully saturated rings. The Bertz CT molecular complexity index is 184. The van der Waals surface area contributed by atoms with E-state index in [2.05, 4.69) is 12.7 Å². The minimum Gasteiger partial charge on any atom is -0.355 e. The Kier molecular flexibility index (Phi) is 1.59. The zero-order valence-corrected chi connectivity index (χ0v) is 8.76. The van der Waals surface area contributed by atoms with Crippen LogP contribution in [0.4, 0.5) is 0 Å². The molecule has 0 amide bonds. The highest BCUT2D eigenvalue weighted by atomic mass is 14.7. The molecule has 0 aromatic heterocycles. The van der Waals surface area contributed by atoms with Crippen molar-refractivity contribution in [1.82, 2.24) is 0 Å². The average Bonchev–Trinajstić information content (AvgIpc) is 2.00. The molecule has 0 aromatic carbocycles. The van der Waals surface area contributed by atoms with E-state index < -0.39 is 0 Å². The summed E-state index contributed by atoms with van der Waals surface area (Å²) in [5.74, 6) is 3.28. The first-order chi connectivity index (χ1) is 6.18. The van der Waals surface area contributed by atoms with Crippen molar-refractivity contribution < 1.29 is 5.73 Å². The summed E-state index contributed by atoms with van der Waals surface area (Å²) in [6.07, 6.45) is 9.24. The summed E-state index contributed by atoms with van der Waals surface area (Å²) >= 11 is 0. The van der Waals surface area contributed by atoms with Gasteiger partial charge in [0, 0.05) is 5.41 Å². The van der Waals surface area contributed by atoms with Gasteiger partial charge in [0.05, 0.1) is 6.04 Å². The van der Waals surface area contributed by atoms with E-state index in [0.717, 1.165) is 17.8 Å². The van der Waals surface area contributed by atoms with Crippen LogP contribution in [0.3, 0.4) is 0 Å². The quantitative estimate of drug-likeness (QED) is 0.637. The van der Waals surface area contributed by atoms with Gasteiger partial charge in [-0.1, -0.05) is 0 Å². The van der Waals surface area contributed by atoms with Gasteiger partial charge in [0.25, 0.3) is 0 Å². The molecular weight excluding hydrogens is 158 g/mol. The molecule has 1 nitrogen and oxygen atoms in total. The Morgan fingerprint density at radius 2 is 1.38 bits per heavy atom. The van der Waals surface area contributed by atoms with Crippen LogP contribution in [-0.2, 0) is 0 Å². The summed E-state index contributed by atoms with van der Waals surface area (Å²) in [6.45, 7) is 2.35. The number of rotatable bonds is 1. The third kappa shape index (κ3) is 1.09. The van der Waals surface area contributed by atoms with Crippen molar-refractivity contribution >= 4 is 0 Å². The summed E-state index contributed by atoms with van der Waals surface area (Å²) in [5.41, 5.74) is 5.02. The first kappa shape index (κ1) is 8.28. The van der Waals surface area contributed by atoms with Gasteiger partial charge in [-0.2, -0.15) is 0 Å². The Morgan fingerprint density at radius 1 is 1.00 bits per heavy atom. The van der Waals surface area contributed by atoms with Gasteiger partial charge >= 0.3 is 0 Å². The molecular formula is C12H22N+. The molecule has 0 radical (unpaired) electrons. The summed E-state index contributed by atoms with van der Waals surface area (Å²) in [5, 5.41) is 0. The Morgan fingerprint density at radius 3 is 1.69 bits per heavy atom. The molecule has 0 unspecified atom stereocenters. The van der Waals surface area contributed by atoms with Crippen molar-refractivity contribution in [2.75, 3.05) is 0 Å². The maximum atomic E-state index is 4.33. The van der Waals surface area contributed by atoms with Gasteiger partial charge in [-0.05, 0) is 63.2 Å². The molecule has 1 atom stereocenters. The maximum absolute atomic E-state index is 4.33. The van der Waals surface area contributed by atoms with E-state index in [1.165, 1.54) is 19.3 Å². The highest BCUT2D eigenvalue weighted by Gasteiger charge is 2.53. The lowest BCUT2D eigenvalue weighted by atomic mass is 9.48. The molecule has 0 saturated heterocycles. The lowest BCUT2D eigenvalue weighted by Crippen LogP contribution is -2.70. The van der Waals surface area contributed by atoms with E-state index >= 15 is 0 Å². The molecule has 3 N–H and O–H groups in total. The summed E-state index contributed by atoms with van der Waals surface area (Å²) in [7, 11) is 0. The first-order valence-electron chi connectivity index (χ1n) is 6.01. The fourth-order valence-corrected chi connectivity index (χ4v) is 4.78. The Hall–Kier alpha value is -0.0400. The van der Waals surface area contributed by atoms with Crippen LogP contribution in [0.1, 0.15) is 45.4 Å². The van der Waals surface area contributed by atoms with Gasteiger partial charge in [0.2, 0.25) is 0 Å². The van der Waals surface area contributed by atoms with E-state index in [9.17, 15) is 0 Å². The lowest BCUT2D eigenvalue weighted by Gasteiger charge is -2.57. The Labute approximate surface area is 81.1 Å². The summed E-state index contributed by atoms with van der Waals surface area (Å²) < 4.78 is 0. The monoisotopic (exact) mass is 180 g/mol. The topological polar surface area (TPSA) is 27.6 Å². The SMILES string of the molecule is C[C@H]([NH3+])C12CC3CC(CC(C3)C1)C2. The molecule has 13 heavy (non-hydrogen) atoms. The van der Waals surface area contributed by atoms with Crippen LogP contribution in [0, 0.1) is 23.2 Å². The van der Waals surface area contributed by atoms with Gasteiger partial charge in [0.15, 0.2) is 0 Å². The molecule has 0 heterocycles. The molecule has 1 heteroatoms. The van der Waals surface area contributed by atoms with Crippen LogP contribution in [0.25, 0.3) is 0 Å². The first-order valence-corrected chi connectivity index (χ1v) is 6.01. The number of quaternary nitrogens is 1. The molecule has 4 bridgehead atoms. The van der Waals surface area contributed by atoms with Crippen LogP contribution in [0.5, 0.6) is 0 Å². The van der Waals surface area contributed by atoms with Crippen molar-refractivity contribution in [2.45, 2.75) is 51.5 Å². The van der Waals surface area contributed by atoms with E-state index in [1.54, 1.807) is 19.3 Å². The smallest absolute Gasteiger partial charge is 0.0872 e. The molecule has 4 aliphatic carbocycles. The van der Waals surface area contributed by atoms with Crippen LogP contribution < -0.4 is 5.73 Å². The molecule has 0 aromatic rings. The van der Waals surface area contributed by atoms with Crippen molar-refractivity contribution in [1.29, 1.82) is 0 Å². The van der Waals surface area contributed by atoms with Gasteiger partial charge in [-0.3, -0.25) is 0 Å².